The van der Waals surface area contributed by atoms with Crippen LogP contribution >= 0.6 is 12.4 Å². The van der Waals surface area contributed by atoms with E-state index in [-0.39, 0.29) is 31.7 Å². The third-order valence-corrected chi connectivity index (χ3v) is 4.43. The molecule has 1 aliphatic rings. The van der Waals surface area contributed by atoms with Gasteiger partial charge in [-0.05, 0) is 17.7 Å². The Hall–Kier alpha value is -1.01. The Balaban J connectivity index is 0.00000220. The molecule has 0 radical (unpaired) electrons. The molecule has 0 amide bonds. The van der Waals surface area contributed by atoms with E-state index < -0.39 is 0 Å². The number of nitrogens with zero attached hydrogens (tertiary/aromatic N) is 1. The van der Waals surface area contributed by atoms with Gasteiger partial charge in [0.25, 0.3) is 0 Å². The Morgan fingerprint density at radius 3 is 2.10 bits per heavy atom. The summed E-state index contributed by atoms with van der Waals surface area (Å²) in [5, 5.41) is 18.9. The molecule has 0 spiro atoms. The normalized spacial score (nSPS) is 20.7. The van der Waals surface area contributed by atoms with Crippen LogP contribution in [0.25, 0.3) is 0 Å². The monoisotopic (exact) mass is 318 g/mol. The topological polar surface area (TPSA) is 58.9 Å². The molecular weight excluding hydrogens is 294 g/mol. The number of aliphatic hydroxyl groups excluding tert-OH is 2. The second kappa shape index (κ2) is 7.31. The van der Waals surface area contributed by atoms with Crippen molar-refractivity contribution in [3.63, 3.8) is 0 Å². The summed E-state index contributed by atoms with van der Waals surface area (Å²) >= 11 is 0. The van der Waals surface area contributed by atoms with E-state index in [1.165, 1.54) is 11.1 Å². The van der Waals surface area contributed by atoms with Gasteiger partial charge in [-0.2, -0.15) is 0 Å². The van der Waals surface area contributed by atoms with E-state index in [2.05, 4.69) is 7.05 Å². The van der Waals surface area contributed by atoms with Gasteiger partial charge < -0.3 is 24.2 Å². The van der Waals surface area contributed by atoms with Crippen LogP contribution in [0.3, 0.4) is 0 Å². The van der Waals surface area contributed by atoms with E-state index in [0.717, 1.165) is 31.0 Å². The van der Waals surface area contributed by atoms with Crippen LogP contribution < -0.4 is 9.47 Å². The highest BCUT2D eigenvalue weighted by molar-refractivity contribution is 5.85. The molecule has 0 aliphatic carbocycles. The Morgan fingerprint density at radius 2 is 1.62 bits per heavy atom. The number of likely N-dealkylation sites (N-methyl/N-ethyl adjacent to an activating group) is 1. The van der Waals surface area contributed by atoms with E-state index >= 15 is 0 Å². The van der Waals surface area contributed by atoms with E-state index in [4.69, 9.17) is 9.47 Å². The number of benzene rings is 1. The number of fused-ring (bicyclic) bond motifs is 1. The van der Waals surface area contributed by atoms with Crippen molar-refractivity contribution in [3.8, 4) is 11.5 Å². The van der Waals surface area contributed by atoms with Gasteiger partial charge in [-0.3, -0.25) is 0 Å². The standard InChI is InChI=1S/C15H24NO4.ClH/c1-16(13(9-17)10-18)5-4-11-6-14(19-2)15(20-3)7-12(11)8-16;/h6-7,13,17-18H,4-5,8-10H2,1-3H3;1H/q+1;. The van der Waals surface area contributed by atoms with Gasteiger partial charge in [-0.25, -0.2) is 0 Å². The van der Waals surface area contributed by atoms with Crippen molar-refractivity contribution in [1.29, 1.82) is 0 Å². The first-order chi connectivity index (χ1) is 9.57. The van der Waals surface area contributed by atoms with Crippen molar-refractivity contribution in [2.45, 2.75) is 19.0 Å². The quantitative estimate of drug-likeness (QED) is 0.795. The summed E-state index contributed by atoms with van der Waals surface area (Å²) in [5.41, 5.74) is 2.45. The number of halogens is 1. The lowest BCUT2D eigenvalue weighted by Crippen LogP contribution is -2.57. The van der Waals surface area contributed by atoms with Crippen molar-refractivity contribution in [3.05, 3.63) is 23.3 Å². The van der Waals surface area contributed by atoms with Gasteiger partial charge in [0.15, 0.2) is 11.5 Å². The van der Waals surface area contributed by atoms with Crippen molar-refractivity contribution >= 4 is 12.4 Å². The van der Waals surface area contributed by atoms with Crippen LogP contribution in [0.5, 0.6) is 11.5 Å². The Kier molecular flexibility index (Phi) is 6.28. The predicted molar refractivity (Wildman–Crippen MR) is 83.2 cm³/mol. The second-order valence-electron chi connectivity index (χ2n) is 5.61. The Bertz CT molecular complexity index is 479. The highest BCUT2D eigenvalue weighted by Crippen LogP contribution is 2.35. The highest BCUT2D eigenvalue weighted by atomic mass is 35.5. The van der Waals surface area contributed by atoms with Crippen LogP contribution in [0.1, 0.15) is 11.1 Å². The van der Waals surface area contributed by atoms with Crippen molar-refractivity contribution < 1.29 is 24.2 Å². The molecule has 2 N–H and O–H groups in total. The molecular formula is C15H25ClNO4+. The number of quaternary nitrogens is 1. The summed E-state index contributed by atoms with van der Waals surface area (Å²) in [4.78, 5) is 0. The van der Waals surface area contributed by atoms with E-state index in [1.54, 1.807) is 14.2 Å². The molecule has 0 bridgehead atoms. The molecule has 6 heteroatoms. The lowest BCUT2D eigenvalue weighted by atomic mass is 9.95. The second-order valence-corrected chi connectivity index (χ2v) is 5.61. The summed E-state index contributed by atoms with van der Waals surface area (Å²) < 4.78 is 11.3. The Labute approximate surface area is 132 Å². The minimum absolute atomic E-state index is 0. The summed E-state index contributed by atoms with van der Waals surface area (Å²) in [6, 6.07) is 3.90. The van der Waals surface area contributed by atoms with Crippen LogP contribution in [0.15, 0.2) is 12.1 Å². The van der Waals surface area contributed by atoms with Gasteiger partial charge in [0, 0.05) is 12.0 Å². The van der Waals surface area contributed by atoms with Gasteiger partial charge in [0.2, 0.25) is 0 Å². The first-order valence-electron chi connectivity index (χ1n) is 6.87. The Morgan fingerprint density at radius 1 is 1.10 bits per heavy atom. The first-order valence-corrected chi connectivity index (χ1v) is 6.87. The predicted octanol–water partition coefficient (Wildman–Crippen LogP) is 0.981. The summed E-state index contributed by atoms with van der Waals surface area (Å²) in [6.45, 7) is 1.67. The van der Waals surface area contributed by atoms with E-state index in [0.29, 0.717) is 4.48 Å². The fraction of sp³-hybridized carbons (Fsp3) is 0.600. The summed E-state index contributed by atoms with van der Waals surface area (Å²) in [7, 11) is 5.35. The largest absolute Gasteiger partial charge is 0.493 e. The number of rotatable bonds is 5. The molecule has 21 heavy (non-hydrogen) atoms. The maximum atomic E-state index is 9.45. The highest BCUT2D eigenvalue weighted by Gasteiger charge is 2.36. The number of hydrogen-bond donors (Lipinski definition) is 2. The zero-order valence-corrected chi connectivity index (χ0v) is 13.7. The van der Waals surface area contributed by atoms with E-state index in [1.807, 2.05) is 12.1 Å². The van der Waals surface area contributed by atoms with Crippen LogP contribution in [0, 0.1) is 0 Å². The zero-order valence-electron chi connectivity index (χ0n) is 12.8. The fourth-order valence-electron chi connectivity index (χ4n) is 2.95. The number of methoxy groups -OCH3 is 2. The van der Waals surface area contributed by atoms with Crippen LogP contribution in [0.2, 0.25) is 0 Å². The van der Waals surface area contributed by atoms with Gasteiger partial charge in [-0.1, -0.05) is 0 Å². The average Bonchev–Trinajstić information content (AvgIpc) is 2.46. The number of hydrogen-bond acceptors (Lipinski definition) is 4. The molecule has 0 saturated carbocycles. The maximum Gasteiger partial charge on any atom is 0.161 e. The number of aliphatic hydroxyl groups is 2. The summed E-state index contributed by atoms with van der Waals surface area (Å²) in [6.07, 6.45) is 0.905. The molecule has 1 atom stereocenters. The third kappa shape index (κ3) is 3.43. The number of ether oxygens (including phenoxy) is 2. The molecule has 1 heterocycles. The fourth-order valence-corrected chi connectivity index (χ4v) is 2.95. The van der Waals surface area contributed by atoms with Gasteiger partial charge >= 0.3 is 0 Å². The lowest BCUT2D eigenvalue weighted by molar-refractivity contribution is -0.948. The van der Waals surface area contributed by atoms with Gasteiger partial charge in [-0.15, -0.1) is 12.4 Å². The van der Waals surface area contributed by atoms with Crippen molar-refractivity contribution in [1.82, 2.24) is 0 Å². The lowest BCUT2D eigenvalue weighted by Gasteiger charge is -2.43. The average molecular weight is 319 g/mol. The minimum atomic E-state index is -0.142. The molecule has 1 aliphatic heterocycles. The third-order valence-electron chi connectivity index (χ3n) is 4.43. The van der Waals surface area contributed by atoms with Crippen LogP contribution in [-0.4, -0.2) is 61.8 Å². The molecule has 1 unspecified atom stereocenters. The molecule has 1 aromatic carbocycles. The van der Waals surface area contributed by atoms with Gasteiger partial charge in [0.1, 0.15) is 12.6 Å². The molecule has 5 nitrogen and oxygen atoms in total. The molecule has 2 rings (SSSR count). The minimum Gasteiger partial charge on any atom is -0.493 e. The zero-order chi connectivity index (χ0) is 14.8. The molecule has 0 aromatic heterocycles. The molecule has 0 saturated heterocycles. The van der Waals surface area contributed by atoms with Crippen LogP contribution in [-0.2, 0) is 13.0 Å². The maximum absolute atomic E-state index is 9.45. The molecule has 0 fully saturated rings. The smallest absolute Gasteiger partial charge is 0.161 e. The van der Waals surface area contributed by atoms with Gasteiger partial charge in [0.05, 0.1) is 41.0 Å². The molecule has 120 valence electrons. The van der Waals surface area contributed by atoms with E-state index in [9.17, 15) is 10.2 Å². The van der Waals surface area contributed by atoms with Crippen LogP contribution in [0.4, 0.5) is 0 Å². The summed E-state index contributed by atoms with van der Waals surface area (Å²) in [5.74, 6) is 1.48. The van der Waals surface area contributed by atoms with Crippen molar-refractivity contribution in [2.75, 3.05) is 41.0 Å². The van der Waals surface area contributed by atoms with Crippen molar-refractivity contribution in [2.24, 2.45) is 0 Å². The molecule has 1 aromatic rings. The SMILES string of the molecule is COc1cc2c(cc1OC)C[N+](C)(C(CO)CO)CC2.Cl. The first kappa shape index (κ1) is 18.0.